The van der Waals surface area contributed by atoms with Crippen molar-refractivity contribution in [3.63, 3.8) is 0 Å². The van der Waals surface area contributed by atoms with Crippen molar-refractivity contribution < 1.29 is 0 Å². The number of aromatic nitrogens is 3. The zero-order valence-electron chi connectivity index (χ0n) is 11.6. The highest BCUT2D eigenvalue weighted by atomic mass is 35.5. The fourth-order valence-electron chi connectivity index (χ4n) is 3.26. The lowest BCUT2D eigenvalue weighted by atomic mass is 9.93. The number of halogens is 1. The number of likely N-dealkylation sites (tertiary alicyclic amines) is 1. The van der Waals surface area contributed by atoms with E-state index in [1.165, 1.54) is 51.9 Å². The molecule has 19 heavy (non-hydrogen) atoms. The predicted molar refractivity (Wildman–Crippen MR) is 77.8 cm³/mol. The van der Waals surface area contributed by atoms with Gasteiger partial charge in [-0.05, 0) is 58.8 Å². The SMILES string of the molecule is Cc1nnc(C2CCN(C3CCNCC3)CC2)[nH]1.Cl. The van der Waals surface area contributed by atoms with E-state index in [9.17, 15) is 0 Å². The number of H-pyrrole nitrogens is 1. The summed E-state index contributed by atoms with van der Waals surface area (Å²) < 4.78 is 0. The minimum absolute atomic E-state index is 0. The van der Waals surface area contributed by atoms with Crippen molar-refractivity contribution >= 4 is 12.4 Å². The van der Waals surface area contributed by atoms with Gasteiger partial charge in [0.1, 0.15) is 11.6 Å². The van der Waals surface area contributed by atoms with Crippen LogP contribution in [0.3, 0.4) is 0 Å². The maximum atomic E-state index is 4.24. The van der Waals surface area contributed by atoms with E-state index >= 15 is 0 Å². The van der Waals surface area contributed by atoms with E-state index in [2.05, 4.69) is 25.4 Å². The monoisotopic (exact) mass is 285 g/mol. The Morgan fingerprint density at radius 2 is 1.74 bits per heavy atom. The summed E-state index contributed by atoms with van der Waals surface area (Å²) in [5, 5.41) is 11.8. The lowest BCUT2D eigenvalue weighted by Crippen LogP contribution is -2.46. The highest BCUT2D eigenvalue weighted by molar-refractivity contribution is 5.85. The quantitative estimate of drug-likeness (QED) is 0.864. The van der Waals surface area contributed by atoms with Gasteiger partial charge in [-0.3, -0.25) is 0 Å². The molecule has 0 aromatic carbocycles. The van der Waals surface area contributed by atoms with Crippen LogP contribution in [0.5, 0.6) is 0 Å². The van der Waals surface area contributed by atoms with Crippen molar-refractivity contribution in [3.05, 3.63) is 11.6 Å². The molecule has 0 unspecified atom stereocenters. The maximum Gasteiger partial charge on any atom is 0.133 e. The molecule has 2 saturated heterocycles. The molecule has 2 fully saturated rings. The first kappa shape index (κ1) is 14.8. The van der Waals surface area contributed by atoms with E-state index in [-0.39, 0.29) is 12.4 Å². The molecule has 0 radical (unpaired) electrons. The van der Waals surface area contributed by atoms with Crippen molar-refractivity contribution in [2.75, 3.05) is 26.2 Å². The average Bonchev–Trinajstić information content (AvgIpc) is 2.87. The van der Waals surface area contributed by atoms with Crippen molar-refractivity contribution in [2.45, 2.75) is 44.6 Å². The smallest absolute Gasteiger partial charge is 0.133 e. The molecular formula is C13H24ClN5. The standard InChI is InChI=1S/C13H23N5.ClH/c1-10-15-13(17-16-10)11-4-8-18(9-5-11)12-2-6-14-7-3-12;/h11-12,14H,2-9H2,1H3,(H,15,16,17);1H. The fraction of sp³-hybridized carbons (Fsp3) is 0.846. The van der Waals surface area contributed by atoms with Gasteiger partial charge in [-0.15, -0.1) is 22.6 Å². The van der Waals surface area contributed by atoms with Gasteiger partial charge in [0.15, 0.2) is 0 Å². The molecule has 108 valence electrons. The minimum Gasteiger partial charge on any atom is -0.329 e. The van der Waals surface area contributed by atoms with Crippen LogP contribution in [-0.2, 0) is 0 Å². The summed E-state index contributed by atoms with van der Waals surface area (Å²) in [6, 6.07) is 0.809. The lowest BCUT2D eigenvalue weighted by Gasteiger charge is -2.39. The molecular weight excluding hydrogens is 262 g/mol. The summed E-state index contributed by atoms with van der Waals surface area (Å²) in [7, 11) is 0. The number of hydrogen-bond acceptors (Lipinski definition) is 4. The van der Waals surface area contributed by atoms with Crippen LogP contribution < -0.4 is 5.32 Å². The molecule has 2 aliphatic rings. The number of aryl methyl sites for hydroxylation is 1. The molecule has 3 rings (SSSR count). The summed E-state index contributed by atoms with van der Waals surface area (Å²) in [6.07, 6.45) is 5.06. The van der Waals surface area contributed by atoms with Crippen LogP contribution in [0.25, 0.3) is 0 Å². The molecule has 1 aromatic heterocycles. The van der Waals surface area contributed by atoms with Gasteiger partial charge >= 0.3 is 0 Å². The third kappa shape index (κ3) is 3.46. The van der Waals surface area contributed by atoms with Crippen LogP contribution in [0.4, 0.5) is 0 Å². The Kier molecular flexibility index (Phi) is 5.19. The van der Waals surface area contributed by atoms with Crippen LogP contribution in [0.2, 0.25) is 0 Å². The Morgan fingerprint density at radius 1 is 1.05 bits per heavy atom. The topological polar surface area (TPSA) is 56.8 Å². The largest absolute Gasteiger partial charge is 0.329 e. The number of hydrogen-bond donors (Lipinski definition) is 2. The summed E-state index contributed by atoms with van der Waals surface area (Å²) in [6.45, 7) is 6.78. The second-order valence-corrected chi connectivity index (χ2v) is 5.59. The Labute approximate surface area is 121 Å². The Morgan fingerprint density at radius 3 is 2.32 bits per heavy atom. The number of aromatic amines is 1. The summed E-state index contributed by atoms with van der Waals surface area (Å²) in [4.78, 5) is 5.97. The van der Waals surface area contributed by atoms with Gasteiger partial charge in [-0.25, -0.2) is 0 Å². The first-order chi connectivity index (χ1) is 8.83. The zero-order chi connectivity index (χ0) is 12.4. The van der Waals surface area contributed by atoms with Gasteiger partial charge in [0.2, 0.25) is 0 Å². The van der Waals surface area contributed by atoms with Crippen molar-refractivity contribution in [2.24, 2.45) is 0 Å². The molecule has 0 atom stereocenters. The van der Waals surface area contributed by atoms with E-state index in [1.807, 2.05) is 6.92 Å². The average molecular weight is 286 g/mol. The molecule has 0 amide bonds. The number of nitrogens with one attached hydrogen (secondary N) is 2. The van der Waals surface area contributed by atoms with Crippen LogP contribution in [-0.4, -0.2) is 52.3 Å². The van der Waals surface area contributed by atoms with Gasteiger partial charge in [-0.1, -0.05) is 0 Å². The highest BCUT2D eigenvalue weighted by Crippen LogP contribution is 2.27. The molecule has 1 aromatic rings. The number of nitrogens with zero attached hydrogens (tertiary/aromatic N) is 3. The zero-order valence-corrected chi connectivity index (χ0v) is 12.4. The summed E-state index contributed by atoms with van der Waals surface area (Å²) >= 11 is 0. The van der Waals surface area contributed by atoms with E-state index in [4.69, 9.17) is 0 Å². The van der Waals surface area contributed by atoms with Crippen LogP contribution >= 0.6 is 12.4 Å². The Balaban J connectivity index is 0.00000133. The molecule has 2 aliphatic heterocycles. The normalized spacial score (nSPS) is 23.2. The fourth-order valence-corrected chi connectivity index (χ4v) is 3.26. The maximum absolute atomic E-state index is 4.24. The Hall–Kier alpha value is -0.650. The van der Waals surface area contributed by atoms with Crippen molar-refractivity contribution in [3.8, 4) is 0 Å². The molecule has 0 bridgehead atoms. The van der Waals surface area contributed by atoms with Gasteiger partial charge in [0.05, 0.1) is 0 Å². The molecule has 2 N–H and O–H groups in total. The first-order valence-electron chi connectivity index (χ1n) is 7.17. The number of rotatable bonds is 2. The summed E-state index contributed by atoms with van der Waals surface area (Å²) in [5.41, 5.74) is 0. The second kappa shape index (κ2) is 6.68. The molecule has 6 heteroatoms. The van der Waals surface area contributed by atoms with E-state index in [0.29, 0.717) is 5.92 Å². The van der Waals surface area contributed by atoms with Gasteiger partial charge in [0.25, 0.3) is 0 Å². The first-order valence-corrected chi connectivity index (χ1v) is 7.17. The van der Waals surface area contributed by atoms with Crippen molar-refractivity contribution in [1.82, 2.24) is 25.4 Å². The minimum atomic E-state index is 0. The molecule has 0 spiro atoms. The lowest BCUT2D eigenvalue weighted by molar-refractivity contribution is 0.125. The van der Waals surface area contributed by atoms with E-state index in [0.717, 1.165) is 17.7 Å². The molecule has 0 saturated carbocycles. The van der Waals surface area contributed by atoms with Crippen molar-refractivity contribution in [1.29, 1.82) is 0 Å². The highest BCUT2D eigenvalue weighted by Gasteiger charge is 2.27. The van der Waals surface area contributed by atoms with Crippen LogP contribution in [0, 0.1) is 6.92 Å². The predicted octanol–water partition coefficient (Wildman–Crippen LogP) is 1.47. The molecule has 0 aliphatic carbocycles. The Bertz CT molecular complexity index is 380. The van der Waals surface area contributed by atoms with E-state index < -0.39 is 0 Å². The van der Waals surface area contributed by atoms with Gasteiger partial charge < -0.3 is 15.2 Å². The number of piperidine rings is 2. The summed E-state index contributed by atoms with van der Waals surface area (Å²) in [5.74, 6) is 2.62. The van der Waals surface area contributed by atoms with E-state index in [1.54, 1.807) is 0 Å². The molecule has 5 nitrogen and oxygen atoms in total. The third-order valence-corrected chi connectivity index (χ3v) is 4.36. The van der Waals surface area contributed by atoms with Crippen LogP contribution in [0.1, 0.15) is 43.3 Å². The third-order valence-electron chi connectivity index (χ3n) is 4.36. The molecule has 3 heterocycles. The van der Waals surface area contributed by atoms with Gasteiger partial charge in [0, 0.05) is 12.0 Å². The van der Waals surface area contributed by atoms with Crippen LogP contribution in [0.15, 0.2) is 0 Å². The van der Waals surface area contributed by atoms with Gasteiger partial charge in [-0.2, -0.15) is 0 Å². The second-order valence-electron chi connectivity index (χ2n) is 5.59.